The van der Waals surface area contributed by atoms with Crippen LogP contribution in [0, 0.1) is 10.1 Å². The Morgan fingerprint density at radius 3 is 2.73 bits per heavy atom. The zero-order valence-electron chi connectivity index (χ0n) is 11.0. The smallest absolute Gasteiger partial charge is 0.267 e. The van der Waals surface area contributed by atoms with E-state index in [9.17, 15) is 14.9 Å². The quantitative estimate of drug-likeness (QED) is 0.496. The Kier molecular flexibility index (Phi) is 5.24. The van der Waals surface area contributed by atoms with E-state index in [1.54, 1.807) is 0 Å². The Balaban J connectivity index is 2.12. The van der Waals surface area contributed by atoms with Crippen molar-refractivity contribution >= 4 is 45.3 Å². The molecular formula is C14H9BrClN3O3. The molecule has 0 aliphatic rings. The highest BCUT2D eigenvalue weighted by molar-refractivity contribution is 9.10. The third kappa shape index (κ3) is 3.90. The number of nitrogens with one attached hydrogen (secondary N) is 1. The van der Waals surface area contributed by atoms with Gasteiger partial charge >= 0.3 is 0 Å². The maximum Gasteiger partial charge on any atom is 0.288 e. The number of hydrogen-bond donors (Lipinski definition) is 1. The summed E-state index contributed by atoms with van der Waals surface area (Å²) >= 11 is 9.04. The Bertz CT molecular complexity index is 765. The van der Waals surface area contributed by atoms with Gasteiger partial charge in [-0.15, -0.1) is 0 Å². The molecule has 0 aromatic heterocycles. The highest BCUT2D eigenvalue weighted by Gasteiger charge is 2.15. The average Bonchev–Trinajstić information content (AvgIpc) is 2.49. The molecular weight excluding hydrogens is 374 g/mol. The van der Waals surface area contributed by atoms with Crippen molar-refractivity contribution in [1.29, 1.82) is 0 Å². The fourth-order valence-electron chi connectivity index (χ4n) is 1.60. The van der Waals surface area contributed by atoms with Crippen molar-refractivity contribution < 1.29 is 9.72 Å². The summed E-state index contributed by atoms with van der Waals surface area (Å²) in [5.41, 5.74) is 2.85. The number of amides is 1. The Morgan fingerprint density at radius 1 is 1.32 bits per heavy atom. The molecule has 1 amide bonds. The van der Waals surface area contributed by atoms with E-state index in [2.05, 4.69) is 26.5 Å². The minimum Gasteiger partial charge on any atom is -0.267 e. The summed E-state index contributed by atoms with van der Waals surface area (Å²) in [6, 6.07) is 11.1. The fraction of sp³-hybridized carbons (Fsp3) is 0. The van der Waals surface area contributed by atoms with Crippen molar-refractivity contribution in [2.45, 2.75) is 0 Å². The first-order valence-corrected chi connectivity index (χ1v) is 7.18. The largest absolute Gasteiger partial charge is 0.288 e. The minimum absolute atomic E-state index is 0.0294. The maximum atomic E-state index is 11.9. The highest BCUT2D eigenvalue weighted by Crippen LogP contribution is 2.24. The van der Waals surface area contributed by atoms with Gasteiger partial charge in [0.25, 0.3) is 11.6 Å². The fourth-order valence-corrected chi connectivity index (χ4v) is 2.17. The van der Waals surface area contributed by atoms with Crippen LogP contribution in [0.5, 0.6) is 0 Å². The topological polar surface area (TPSA) is 84.6 Å². The van der Waals surface area contributed by atoms with Crippen LogP contribution in [0.3, 0.4) is 0 Å². The molecule has 22 heavy (non-hydrogen) atoms. The van der Waals surface area contributed by atoms with Crippen molar-refractivity contribution in [3.8, 4) is 0 Å². The SMILES string of the molecule is O=C(N/N=C/c1ccccc1Br)c1ccc(Cl)c([N+](=O)[O-])c1. The van der Waals surface area contributed by atoms with Crippen LogP contribution >= 0.6 is 27.5 Å². The molecule has 0 unspecified atom stereocenters. The molecule has 0 fully saturated rings. The van der Waals surface area contributed by atoms with Gasteiger partial charge in [0.2, 0.25) is 0 Å². The summed E-state index contributed by atoms with van der Waals surface area (Å²) in [5.74, 6) is -0.567. The van der Waals surface area contributed by atoms with Gasteiger partial charge in [-0.25, -0.2) is 5.43 Å². The average molecular weight is 383 g/mol. The molecule has 2 rings (SSSR count). The van der Waals surface area contributed by atoms with Crippen molar-refractivity contribution in [3.05, 3.63) is 73.2 Å². The Labute approximate surface area is 139 Å². The highest BCUT2D eigenvalue weighted by atomic mass is 79.9. The molecule has 0 aliphatic heterocycles. The van der Waals surface area contributed by atoms with Gasteiger partial charge in [0.05, 0.1) is 11.1 Å². The lowest BCUT2D eigenvalue weighted by Crippen LogP contribution is -2.17. The van der Waals surface area contributed by atoms with Crippen molar-refractivity contribution in [3.63, 3.8) is 0 Å². The number of benzene rings is 2. The van der Waals surface area contributed by atoms with Gasteiger partial charge in [-0.3, -0.25) is 14.9 Å². The lowest BCUT2D eigenvalue weighted by molar-refractivity contribution is -0.384. The molecule has 8 heteroatoms. The van der Waals surface area contributed by atoms with Crippen LogP contribution < -0.4 is 5.43 Å². The molecule has 0 bridgehead atoms. The molecule has 0 saturated heterocycles. The monoisotopic (exact) mass is 381 g/mol. The number of nitrogens with zero attached hydrogens (tertiary/aromatic N) is 2. The third-order valence-electron chi connectivity index (χ3n) is 2.68. The van der Waals surface area contributed by atoms with E-state index in [0.29, 0.717) is 0 Å². The molecule has 0 saturated carbocycles. The number of hydrazone groups is 1. The number of hydrogen-bond acceptors (Lipinski definition) is 4. The number of rotatable bonds is 4. The van der Waals surface area contributed by atoms with Gasteiger partial charge < -0.3 is 0 Å². The summed E-state index contributed by atoms with van der Waals surface area (Å²) < 4.78 is 0.829. The lowest BCUT2D eigenvalue weighted by atomic mass is 10.2. The second-order valence-corrected chi connectivity index (χ2v) is 5.41. The molecule has 0 atom stereocenters. The predicted molar refractivity (Wildman–Crippen MR) is 87.3 cm³/mol. The summed E-state index contributed by atoms with van der Waals surface area (Å²) in [5, 5.41) is 14.6. The van der Waals surface area contributed by atoms with Crippen LogP contribution in [0.4, 0.5) is 5.69 Å². The summed E-state index contributed by atoms with van der Waals surface area (Å²) in [6.07, 6.45) is 1.46. The number of nitro groups is 1. The molecule has 1 N–H and O–H groups in total. The van der Waals surface area contributed by atoms with E-state index < -0.39 is 10.8 Å². The van der Waals surface area contributed by atoms with Gasteiger partial charge in [-0.1, -0.05) is 45.7 Å². The van der Waals surface area contributed by atoms with Crippen LogP contribution in [0.15, 0.2) is 52.0 Å². The van der Waals surface area contributed by atoms with E-state index >= 15 is 0 Å². The zero-order chi connectivity index (χ0) is 16.1. The van der Waals surface area contributed by atoms with Crippen LogP contribution in [-0.4, -0.2) is 17.0 Å². The third-order valence-corrected chi connectivity index (χ3v) is 3.72. The van der Waals surface area contributed by atoms with Gasteiger partial charge in [0.1, 0.15) is 5.02 Å². The first-order chi connectivity index (χ1) is 10.5. The first kappa shape index (κ1) is 16.1. The summed E-state index contributed by atoms with van der Waals surface area (Å²) in [6.45, 7) is 0. The van der Waals surface area contributed by atoms with Crippen LogP contribution in [0.2, 0.25) is 5.02 Å². The zero-order valence-corrected chi connectivity index (χ0v) is 13.3. The molecule has 0 aliphatic carbocycles. The number of nitro benzene ring substituents is 1. The van der Waals surface area contributed by atoms with Gasteiger partial charge in [0.15, 0.2) is 0 Å². The number of carbonyl (C=O) groups excluding carboxylic acids is 1. The predicted octanol–water partition coefficient (Wildman–Crippen LogP) is 3.77. The molecule has 2 aromatic carbocycles. The molecule has 0 spiro atoms. The Hall–Kier alpha value is -2.25. The molecule has 2 aromatic rings. The van der Waals surface area contributed by atoms with E-state index in [0.717, 1.165) is 16.1 Å². The van der Waals surface area contributed by atoms with Crippen molar-refractivity contribution in [2.24, 2.45) is 5.10 Å². The number of carbonyl (C=O) groups is 1. The van der Waals surface area contributed by atoms with Crippen LogP contribution in [-0.2, 0) is 0 Å². The van der Waals surface area contributed by atoms with Gasteiger partial charge in [0, 0.05) is 21.7 Å². The normalized spacial score (nSPS) is 10.6. The second-order valence-electron chi connectivity index (χ2n) is 4.14. The Morgan fingerprint density at radius 2 is 2.05 bits per heavy atom. The summed E-state index contributed by atoms with van der Waals surface area (Å²) in [7, 11) is 0. The first-order valence-electron chi connectivity index (χ1n) is 6.01. The summed E-state index contributed by atoms with van der Waals surface area (Å²) in [4.78, 5) is 22.0. The molecule has 112 valence electrons. The minimum atomic E-state index is -0.649. The van der Waals surface area contributed by atoms with Gasteiger partial charge in [-0.2, -0.15) is 5.10 Å². The van der Waals surface area contributed by atoms with Crippen LogP contribution in [0.25, 0.3) is 0 Å². The second kappa shape index (κ2) is 7.15. The lowest BCUT2D eigenvalue weighted by Gasteiger charge is -2.01. The van der Waals surface area contributed by atoms with E-state index in [-0.39, 0.29) is 16.3 Å². The molecule has 0 heterocycles. The molecule has 6 nitrogen and oxygen atoms in total. The van der Waals surface area contributed by atoms with Crippen LogP contribution in [0.1, 0.15) is 15.9 Å². The van der Waals surface area contributed by atoms with Crippen molar-refractivity contribution in [1.82, 2.24) is 5.43 Å². The molecule has 0 radical (unpaired) electrons. The number of halogens is 2. The standard InChI is InChI=1S/C14H9BrClN3O3/c15-11-4-2-1-3-10(11)8-17-18-14(20)9-5-6-12(16)13(7-9)19(21)22/h1-8H,(H,18,20)/b17-8+. The van der Waals surface area contributed by atoms with E-state index in [1.165, 1.54) is 18.3 Å². The van der Waals surface area contributed by atoms with E-state index in [4.69, 9.17) is 11.6 Å². The van der Waals surface area contributed by atoms with Crippen molar-refractivity contribution in [2.75, 3.05) is 0 Å². The van der Waals surface area contributed by atoms with E-state index in [1.807, 2.05) is 24.3 Å². The maximum absolute atomic E-state index is 11.9. The van der Waals surface area contributed by atoms with Gasteiger partial charge in [-0.05, 0) is 18.2 Å².